The Bertz CT molecular complexity index is 1250. The molecule has 0 fully saturated rings. The molecular formula is C24H23BN5O2S. The van der Waals surface area contributed by atoms with Crippen LogP contribution in [0.15, 0.2) is 72.6 Å². The van der Waals surface area contributed by atoms with Crippen LogP contribution in [0.4, 0.5) is 5.13 Å². The van der Waals surface area contributed by atoms with Gasteiger partial charge < -0.3 is 15.1 Å². The number of nitrogens with zero attached hydrogens (tertiary/aromatic N) is 3. The van der Waals surface area contributed by atoms with Crippen LogP contribution in [0, 0.1) is 0 Å². The summed E-state index contributed by atoms with van der Waals surface area (Å²) < 4.78 is 1.85. The van der Waals surface area contributed by atoms with Gasteiger partial charge in [-0.3, -0.25) is 14.6 Å². The number of carbonyl (C=O) groups is 2. The first kappa shape index (κ1) is 22.5. The second-order valence-electron chi connectivity index (χ2n) is 7.83. The minimum atomic E-state index is -0.331. The van der Waals surface area contributed by atoms with Crippen molar-refractivity contribution in [1.82, 2.24) is 19.8 Å². The third kappa shape index (κ3) is 5.96. The molecule has 0 aliphatic rings. The van der Waals surface area contributed by atoms with Gasteiger partial charge in [0.2, 0.25) is 5.91 Å². The van der Waals surface area contributed by atoms with E-state index in [1.807, 2.05) is 53.8 Å². The van der Waals surface area contributed by atoms with Crippen molar-refractivity contribution in [2.75, 3.05) is 11.9 Å². The smallest absolute Gasteiger partial charge is 0.254 e. The zero-order valence-electron chi connectivity index (χ0n) is 18.4. The van der Waals surface area contributed by atoms with Gasteiger partial charge in [-0.05, 0) is 41.6 Å². The molecule has 7 nitrogen and oxygen atoms in total. The predicted octanol–water partition coefficient (Wildman–Crippen LogP) is 4.34. The summed E-state index contributed by atoms with van der Waals surface area (Å²) in [6.45, 7) is 3.99. The average Bonchev–Trinajstić information content (AvgIpc) is 3.48. The number of aromatic nitrogens is 3. The molecule has 0 saturated heterocycles. The molecule has 0 saturated carbocycles. The minimum absolute atomic E-state index is 0.135. The lowest BCUT2D eigenvalue weighted by atomic mass is 9.78. The van der Waals surface area contributed by atoms with Crippen molar-refractivity contribution in [3.63, 3.8) is 0 Å². The summed E-state index contributed by atoms with van der Waals surface area (Å²) in [6, 6.07) is 13.7. The Morgan fingerprint density at radius 1 is 1.09 bits per heavy atom. The number of carbonyl (C=O) groups excluding carboxylic acids is 2. The van der Waals surface area contributed by atoms with E-state index in [1.165, 1.54) is 11.3 Å². The molecule has 2 N–H and O–H groups in total. The Hall–Kier alpha value is -3.72. The fourth-order valence-corrected chi connectivity index (χ4v) is 4.01. The number of hydrogen-bond acceptors (Lipinski definition) is 5. The molecule has 3 heterocycles. The highest BCUT2D eigenvalue weighted by Crippen LogP contribution is 2.28. The number of pyridine rings is 1. The summed E-state index contributed by atoms with van der Waals surface area (Å²) in [4.78, 5) is 33.2. The van der Waals surface area contributed by atoms with Crippen LogP contribution in [0.3, 0.4) is 0 Å². The number of rotatable bonds is 8. The van der Waals surface area contributed by atoms with Crippen LogP contribution in [-0.2, 0) is 4.79 Å². The Labute approximate surface area is 197 Å². The fraction of sp³-hybridized carbons (Fsp3) is 0.167. The Morgan fingerprint density at radius 3 is 2.67 bits per heavy atom. The predicted molar refractivity (Wildman–Crippen MR) is 132 cm³/mol. The lowest BCUT2D eigenvalue weighted by Gasteiger charge is -2.05. The monoisotopic (exact) mass is 456 g/mol. The van der Waals surface area contributed by atoms with Crippen molar-refractivity contribution in [2.45, 2.75) is 19.7 Å². The first-order chi connectivity index (χ1) is 16.0. The minimum Gasteiger partial charge on any atom is -0.402 e. The summed E-state index contributed by atoms with van der Waals surface area (Å²) in [5.74, 6) is -0.267. The second kappa shape index (κ2) is 10.3. The molecule has 0 aliphatic heterocycles. The zero-order chi connectivity index (χ0) is 23.2. The third-order valence-electron chi connectivity index (χ3n) is 4.78. The van der Waals surface area contributed by atoms with Gasteiger partial charge in [-0.2, -0.15) is 0 Å². The van der Waals surface area contributed by atoms with Crippen LogP contribution < -0.4 is 10.6 Å². The SMILES string of the molecule is CC(C)[B]n1ccc(C(=O)NCC(=O)Nc2nc(-c3cccc(-c4ccncc4)c3)cs2)c1. The third-order valence-corrected chi connectivity index (χ3v) is 5.54. The second-order valence-corrected chi connectivity index (χ2v) is 8.68. The van der Waals surface area contributed by atoms with Gasteiger partial charge >= 0.3 is 0 Å². The summed E-state index contributed by atoms with van der Waals surface area (Å²) in [7, 11) is 2.00. The molecule has 33 heavy (non-hydrogen) atoms. The molecular weight excluding hydrogens is 433 g/mol. The molecule has 3 aromatic heterocycles. The molecule has 165 valence electrons. The van der Waals surface area contributed by atoms with Gasteiger partial charge in [0.25, 0.3) is 13.3 Å². The van der Waals surface area contributed by atoms with Gasteiger partial charge in [0.05, 0.1) is 17.8 Å². The molecule has 2 amide bonds. The van der Waals surface area contributed by atoms with Gasteiger partial charge in [0.15, 0.2) is 5.13 Å². The lowest BCUT2D eigenvalue weighted by molar-refractivity contribution is -0.115. The summed E-state index contributed by atoms with van der Waals surface area (Å²) in [5.41, 5.74) is 4.38. The number of hydrogen-bond donors (Lipinski definition) is 2. The number of amides is 2. The molecule has 0 atom stereocenters. The molecule has 0 aliphatic carbocycles. The Morgan fingerprint density at radius 2 is 1.88 bits per heavy atom. The van der Waals surface area contributed by atoms with Crippen molar-refractivity contribution >= 4 is 35.7 Å². The number of benzene rings is 1. The Balaban J connectivity index is 1.34. The molecule has 0 unspecified atom stereocenters. The zero-order valence-corrected chi connectivity index (χ0v) is 19.2. The average molecular weight is 456 g/mol. The molecule has 1 aromatic carbocycles. The van der Waals surface area contributed by atoms with Gasteiger partial charge in [-0.1, -0.05) is 37.9 Å². The van der Waals surface area contributed by atoms with Crippen LogP contribution in [0.2, 0.25) is 5.82 Å². The number of nitrogens with one attached hydrogen (secondary N) is 2. The molecule has 9 heteroatoms. The molecule has 0 bridgehead atoms. The summed E-state index contributed by atoms with van der Waals surface area (Å²) in [5, 5.41) is 7.77. The first-order valence-electron chi connectivity index (χ1n) is 10.5. The van der Waals surface area contributed by atoms with E-state index in [-0.39, 0.29) is 18.4 Å². The fourth-order valence-electron chi connectivity index (χ4n) is 3.28. The van der Waals surface area contributed by atoms with Gasteiger partial charge in [-0.15, -0.1) is 11.3 Å². The number of anilines is 1. The van der Waals surface area contributed by atoms with Gasteiger partial charge in [-0.25, -0.2) is 4.98 Å². The highest BCUT2D eigenvalue weighted by atomic mass is 32.1. The largest absolute Gasteiger partial charge is 0.402 e. The maximum Gasteiger partial charge on any atom is 0.254 e. The quantitative estimate of drug-likeness (QED) is 0.386. The van der Waals surface area contributed by atoms with Crippen LogP contribution in [-0.4, -0.2) is 40.2 Å². The van der Waals surface area contributed by atoms with E-state index < -0.39 is 0 Å². The molecule has 4 aromatic rings. The van der Waals surface area contributed by atoms with Crippen LogP contribution in [0.1, 0.15) is 24.2 Å². The van der Waals surface area contributed by atoms with E-state index in [2.05, 4.69) is 40.5 Å². The summed E-state index contributed by atoms with van der Waals surface area (Å²) >= 11 is 1.34. The van der Waals surface area contributed by atoms with E-state index in [1.54, 1.807) is 24.7 Å². The van der Waals surface area contributed by atoms with Crippen LogP contribution in [0.5, 0.6) is 0 Å². The molecule has 4 rings (SSSR count). The van der Waals surface area contributed by atoms with Crippen LogP contribution in [0.25, 0.3) is 22.4 Å². The van der Waals surface area contributed by atoms with E-state index in [4.69, 9.17) is 0 Å². The topological polar surface area (TPSA) is 88.9 Å². The molecule has 1 radical (unpaired) electrons. The van der Waals surface area contributed by atoms with E-state index in [9.17, 15) is 9.59 Å². The van der Waals surface area contributed by atoms with Crippen molar-refractivity contribution < 1.29 is 9.59 Å². The number of thiazole rings is 1. The van der Waals surface area contributed by atoms with E-state index in [0.717, 1.165) is 22.4 Å². The van der Waals surface area contributed by atoms with Crippen molar-refractivity contribution in [3.8, 4) is 22.4 Å². The van der Waals surface area contributed by atoms with Gasteiger partial charge in [0, 0.05) is 29.5 Å². The highest BCUT2D eigenvalue weighted by molar-refractivity contribution is 7.14. The lowest BCUT2D eigenvalue weighted by Crippen LogP contribution is -2.32. The van der Waals surface area contributed by atoms with E-state index in [0.29, 0.717) is 16.5 Å². The normalized spacial score (nSPS) is 10.8. The summed E-state index contributed by atoms with van der Waals surface area (Å²) in [6.07, 6.45) is 7.07. The van der Waals surface area contributed by atoms with Crippen molar-refractivity contribution in [2.24, 2.45) is 0 Å². The van der Waals surface area contributed by atoms with Crippen molar-refractivity contribution in [3.05, 3.63) is 78.2 Å². The first-order valence-corrected chi connectivity index (χ1v) is 11.4. The standard InChI is InChI=1S/C24H23BN5O2S/c1-16(2)25-30-11-8-20(14-30)23(32)27-13-22(31)29-24-28-21(15-33-24)19-5-3-4-18(12-19)17-6-9-26-10-7-17/h3-12,14-16H,13H2,1-2H3,(H,27,32)(H,28,29,31). The highest BCUT2D eigenvalue weighted by Gasteiger charge is 2.12. The van der Waals surface area contributed by atoms with Crippen molar-refractivity contribution in [1.29, 1.82) is 0 Å². The molecule has 0 spiro atoms. The van der Waals surface area contributed by atoms with Crippen LogP contribution >= 0.6 is 11.3 Å². The van der Waals surface area contributed by atoms with E-state index >= 15 is 0 Å². The maximum absolute atomic E-state index is 12.3. The maximum atomic E-state index is 12.3. The van der Waals surface area contributed by atoms with Gasteiger partial charge in [0.1, 0.15) is 0 Å². The Kier molecular flexibility index (Phi) is 6.99.